The van der Waals surface area contributed by atoms with E-state index in [9.17, 15) is 0 Å². The van der Waals surface area contributed by atoms with Gasteiger partial charge in [-0.05, 0) is 50.0 Å². The van der Waals surface area contributed by atoms with E-state index in [1.807, 2.05) is 12.4 Å². The van der Waals surface area contributed by atoms with Crippen LogP contribution in [0.5, 0.6) is 0 Å². The lowest BCUT2D eigenvalue weighted by atomic mass is 10.0. The molecule has 2 aliphatic heterocycles. The van der Waals surface area contributed by atoms with Gasteiger partial charge < -0.3 is 10.2 Å². The molecule has 4 heteroatoms. The summed E-state index contributed by atoms with van der Waals surface area (Å²) in [7, 11) is 0. The second kappa shape index (κ2) is 8.76. The van der Waals surface area contributed by atoms with Crippen molar-refractivity contribution in [3.05, 3.63) is 30.1 Å². The monoisotopic (exact) mass is 316 g/mol. The third kappa shape index (κ3) is 4.52. The largest absolute Gasteiger partial charge is 0.314 e. The molecule has 0 radical (unpaired) electrons. The number of hydrogen-bond donors (Lipinski definition) is 1. The van der Waals surface area contributed by atoms with Gasteiger partial charge in [-0.15, -0.1) is 0 Å². The van der Waals surface area contributed by atoms with E-state index in [0.29, 0.717) is 12.1 Å². The molecule has 0 spiro atoms. The highest BCUT2D eigenvalue weighted by molar-refractivity contribution is 5.16. The zero-order chi connectivity index (χ0) is 15.9. The number of likely N-dealkylation sites (tertiary alicyclic amines) is 1. The van der Waals surface area contributed by atoms with Gasteiger partial charge in [0.2, 0.25) is 0 Å². The molecule has 0 aliphatic carbocycles. The minimum absolute atomic E-state index is 0.503. The third-order valence-electron chi connectivity index (χ3n) is 5.49. The van der Waals surface area contributed by atoms with E-state index in [-0.39, 0.29) is 0 Å². The molecule has 2 atom stereocenters. The molecule has 3 heterocycles. The maximum absolute atomic E-state index is 4.23. The van der Waals surface area contributed by atoms with Crippen LogP contribution >= 0.6 is 0 Å². The summed E-state index contributed by atoms with van der Waals surface area (Å²) < 4.78 is 0. The lowest BCUT2D eigenvalue weighted by molar-refractivity contribution is 0.0749. The molecule has 23 heavy (non-hydrogen) atoms. The van der Waals surface area contributed by atoms with Crippen LogP contribution in [0.4, 0.5) is 0 Å². The van der Waals surface area contributed by atoms with E-state index in [0.717, 1.165) is 19.6 Å². The van der Waals surface area contributed by atoms with Crippen LogP contribution in [0.15, 0.2) is 24.5 Å². The van der Waals surface area contributed by atoms with E-state index in [1.165, 1.54) is 57.3 Å². The van der Waals surface area contributed by atoms with Crippen molar-refractivity contribution < 1.29 is 0 Å². The number of nitrogens with one attached hydrogen (secondary N) is 1. The SMILES string of the molecule is CCC1CNCCN1C(CN1CCCCCC1)c1ccncc1. The smallest absolute Gasteiger partial charge is 0.0480 e. The number of hydrogen-bond acceptors (Lipinski definition) is 4. The number of pyridine rings is 1. The maximum Gasteiger partial charge on any atom is 0.0480 e. The first-order valence-corrected chi connectivity index (χ1v) is 9.47. The Balaban J connectivity index is 1.78. The molecule has 3 rings (SSSR count). The van der Waals surface area contributed by atoms with Gasteiger partial charge in [-0.2, -0.15) is 0 Å². The van der Waals surface area contributed by atoms with Crippen molar-refractivity contribution in [2.75, 3.05) is 39.3 Å². The average Bonchev–Trinajstić information content (AvgIpc) is 2.89. The molecule has 2 aliphatic rings. The second-order valence-electron chi connectivity index (χ2n) is 7.02. The molecule has 2 unspecified atom stereocenters. The number of nitrogens with zero attached hydrogens (tertiary/aromatic N) is 3. The van der Waals surface area contributed by atoms with E-state index in [4.69, 9.17) is 0 Å². The summed E-state index contributed by atoms with van der Waals surface area (Å²) >= 11 is 0. The van der Waals surface area contributed by atoms with E-state index in [1.54, 1.807) is 0 Å². The molecule has 2 saturated heterocycles. The molecule has 0 saturated carbocycles. The fourth-order valence-electron chi connectivity index (χ4n) is 4.12. The minimum atomic E-state index is 0.503. The van der Waals surface area contributed by atoms with Crippen LogP contribution in [0.3, 0.4) is 0 Å². The van der Waals surface area contributed by atoms with Crippen molar-refractivity contribution in [1.29, 1.82) is 0 Å². The van der Waals surface area contributed by atoms with Crippen molar-refractivity contribution in [2.24, 2.45) is 0 Å². The molecule has 0 amide bonds. The molecule has 128 valence electrons. The predicted octanol–water partition coefficient (Wildman–Crippen LogP) is 2.68. The van der Waals surface area contributed by atoms with Gasteiger partial charge in [0.25, 0.3) is 0 Å². The third-order valence-corrected chi connectivity index (χ3v) is 5.49. The molecule has 1 aromatic rings. The van der Waals surface area contributed by atoms with Crippen molar-refractivity contribution in [2.45, 2.75) is 51.1 Å². The van der Waals surface area contributed by atoms with Gasteiger partial charge in [0.1, 0.15) is 0 Å². The van der Waals surface area contributed by atoms with Crippen LogP contribution in [0.2, 0.25) is 0 Å². The molecule has 2 fully saturated rings. The molecule has 1 aromatic heterocycles. The Bertz CT molecular complexity index is 442. The van der Waals surface area contributed by atoms with Crippen molar-refractivity contribution in [1.82, 2.24) is 20.1 Å². The van der Waals surface area contributed by atoms with Gasteiger partial charge in [0.05, 0.1) is 0 Å². The highest BCUT2D eigenvalue weighted by Gasteiger charge is 2.30. The van der Waals surface area contributed by atoms with Crippen molar-refractivity contribution in [3.63, 3.8) is 0 Å². The van der Waals surface area contributed by atoms with Gasteiger partial charge in [-0.25, -0.2) is 0 Å². The Labute approximate surface area is 141 Å². The highest BCUT2D eigenvalue weighted by Crippen LogP contribution is 2.27. The first kappa shape index (κ1) is 16.9. The summed E-state index contributed by atoms with van der Waals surface area (Å²) in [5.41, 5.74) is 1.43. The van der Waals surface area contributed by atoms with E-state index < -0.39 is 0 Å². The molecule has 4 nitrogen and oxygen atoms in total. The molecule has 1 N–H and O–H groups in total. The topological polar surface area (TPSA) is 31.4 Å². The minimum Gasteiger partial charge on any atom is -0.314 e. The summed E-state index contributed by atoms with van der Waals surface area (Å²) in [4.78, 5) is 9.68. The molecule has 0 bridgehead atoms. The van der Waals surface area contributed by atoms with Crippen LogP contribution in [-0.2, 0) is 0 Å². The average molecular weight is 316 g/mol. The quantitative estimate of drug-likeness (QED) is 0.905. The Kier molecular flexibility index (Phi) is 6.43. The van der Waals surface area contributed by atoms with Crippen LogP contribution in [0.1, 0.15) is 50.6 Å². The summed E-state index contributed by atoms with van der Waals surface area (Å²) in [5.74, 6) is 0. The van der Waals surface area contributed by atoms with Gasteiger partial charge in [-0.3, -0.25) is 9.88 Å². The molecule has 0 aromatic carbocycles. The molecular formula is C19H32N4. The summed E-state index contributed by atoms with van der Waals surface area (Å²) in [6, 6.07) is 5.59. The maximum atomic E-state index is 4.23. The summed E-state index contributed by atoms with van der Waals surface area (Å²) in [6.45, 7) is 9.41. The fourth-order valence-corrected chi connectivity index (χ4v) is 4.12. The zero-order valence-electron chi connectivity index (χ0n) is 14.6. The number of piperazine rings is 1. The van der Waals surface area contributed by atoms with E-state index >= 15 is 0 Å². The Morgan fingerprint density at radius 3 is 2.57 bits per heavy atom. The van der Waals surface area contributed by atoms with Crippen LogP contribution in [-0.4, -0.2) is 60.1 Å². The lowest BCUT2D eigenvalue weighted by Crippen LogP contribution is -2.54. The van der Waals surface area contributed by atoms with Gasteiger partial charge >= 0.3 is 0 Å². The van der Waals surface area contributed by atoms with Crippen LogP contribution in [0.25, 0.3) is 0 Å². The Morgan fingerprint density at radius 2 is 1.87 bits per heavy atom. The first-order valence-electron chi connectivity index (χ1n) is 9.47. The number of rotatable bonds is 5. The van der Waals surface area contributed by atoms with Gasteiger partial charge in [-0.1, -0.05) is 19.8 Å². The van der Waals surface area contributed by atoms with Crippen molar-refractivity contribution >= 4 is 0 Å². The first-order chi connectivity index (χ1) is 11.4. The predicted molar refractivity (Wildman–Crippen MR) is 95.5 cm³/mol. The zero-order valence-corrected chi connectivity index (χ0v) is 14.6. The summed E-state index contributed by atoms with van der Waals surface area (Å²) in [6.07, 6.45) is 10.7. The second-order valence-corrected chi connectivity index (χ2v) is 7.02. The normalized spacial score (nSPS) is 25.9. The van der Waals surface area contributed by atoms with Crippen LogP contribution < -0.4 is 5.32 Å². The van der Waals surface area contributed by atoms with Gasteiger partial charge in [0, 0.05) is 50.7 Å². The van der Waals surface area contributed by atoms with Crippen LogP contribution in [0, 0.1) is 0 Å². The lowest BCUT2D eigenvalue weighted by Gasteiger charge is -2.43. The Morgan fingerprint density at radius 1 is 1.13 bits per heavy atom. The number of aromatic nitrogens is 1. The standard InChI is InChI=1S/C19H32N4/c1-2-18-15-21-11-14-23(18)19(17-7-9-20-10-8-17)16-22-12-5-3-4-6-13-22/h7-10,18-19,21H,2-6,11-16H2,1H3. The van der Waals surface area contributed by atoms with E-state index in [2.05, 4.69) is 39.2 Å². The van der Waals surface area contributed by atoms with Gasteiger partial charge in [0.15, 0.2) is 0 Å². The summed E-state index contributed by atoms with van der Waals surface area (Å²) in [5, 5.41) is 3.57. The fraction of sp³-hybridized carbons (Fsp3) is 0.737. The highest BCUT2D eigenvalue weighted by atomic mass is 15.3. The van der Waals surface area contributed by atoms with Crippen molar-refractivity contribution in [3.8, 4) is 0 Å². The molecular weight excluding hydrogens is 284 g/mol. The Hall–Kier alpha value is -0.970.